The van der Waals surface area contributed by atoms with Crippen LogP contribution in [0, 0.1) is 5.82 Å². The van der Waals surface area contributed by atoms with Crippen LogP contribution in [0.15, 0.2) is 64.4 Å². The zero-order valence-corrected chi connectivity index (χ0v) is 17.2. The van der Waals surface area contributed by atoms with E-state index in [9.17, 15) is 9.18 Å². The second-order valence-corrected chi connectivity index (χ2v) is 8.57. The number of hydrogen-bond donors (Lipinski definition) is 0. The first-order chi connectivity index (χ1) is 14.7. The fraction of sp³-hybridized carbons (Fsp3) is 0.150. The van der Waals surface area contributed by atoms with E-state index in [1.54, 1.807) is 34.8 Å². The number of benzene rings is 1. The average molecular weight is 439 g/mol. The summed E-state index contributed by atoms with van der Waals surface area (Å²) in [4.78, 5) is 16.5. The van der Waals surface area contributed by atoms with Crippen LogP contribution in [0.5, 0.6) is 0 Å². The van der Waals surface area contributed by atoms with E-state index >= 15 is 0 Å². The van der Waals surface area contributed by atoms with Gasteiger partial charge in [0.25, 0.3) is 5.91 Å². The summed E-state index contributed by atoms with van der Waals surface area (Å²) in [6.07, 6.45) is 0.665. The molecule has 1 aliphatic rings. The third kappa shape index (κ3) is 3.66. The fourth-order valence-corrected chi connectivity index (χ4v) is 4.79. The molecule has 30 heavy (non-hydrogen) atoms. The summed E-state index contributed by atoms with van der Waals surface area (Å²) in [6.45, 7) is -0.0860. The van der Waals surface area contributed by atoms with Crippen LogP contribution in [-0.4, -0.2) is 36.8 Å². The molecule has 7 nitrogen and oxygen atoms in total. The minimum Gasteiger partial charge on any atom is -0.271 e. The van der Waals surface area contributed by atoms with Crippen molar-refractivity contribution < 1.29 is 9.18 Å². The molecular weight excluding hydrogens is 423 g/mol. The molecule has 0 aliphatic carbocycles. The summed E-state index contributed by atoms with van der Waals surface area (Å²) in [6, 6.07) is 13.6. The average Bonchev–Trinajstić information content (AvgIpc) is 3.55. The van der Waals surface area contributed by atoms with Crippen LogP contribution in [0.3, 0.4) is 0 Å². The summed E-state index contributed by atoms with van der Waals surface area (Å²) >= 11 is 3.21. The van der Waals surface area contributed by atoms with E-state index in [0.29, 0.717) is 17.8 Å². The third-order valence-electron chi connectivity index (χ3n) is 4.68. The van der Waals surface area contributed by atoms with Gasteiger partial charge in [-0.3, -0.25) is 4.79 Å². The highest BCUT2D eigenvalue weighted by atomic mass is 32.1. The van der Waals surface area contributed by atoms with Gasteiger partial charge in [-0.1, -0.05) is 12.1 Å². The van der Waals surface area contributed by atoms with Gasteiger partial charge in [-0.25, -0.2) is 9.40 Å². The maximum absolute atomic E-state index is 13.1. The Labute approximate surface area is 179 Å². The van der Waals surface area contributed by atoms with E-state index in [0.717, 1.165) is 15.5 Å². The van der Waals surface area contributed by atoms with Crippen LogP contribution in [0.2, 0.25) is 0 Å². The topological polar surface area (TPSA) is 76.3 Å². The van der Waals surface area contributed by atoms with Gasteiger partial charge in [0.2, 0.25) is 5.82 Å². The number of amides is 1. The molecule has 1 aromatic carbocycles. The molecule has 10 heteroatoms. The van der Waals surface area contributed by atoms with Gasteiger partial charge in [0.1, 0.15) is 12.4 Å². The number of rotatable bonds is 5. The number of thiophene rings is 2. The highest BCUT2D eigenvalue weighted by Gasteiger charge is 2.34. The standard InChI is InChI=1S/C20H15FN6OS2/c21-14-7-5-13(6-8-14)20-22-25-26(24-20)12-19(28)27-16(18-4-2-10-30-18)11-15(23-27)17-3-1-9-29-17/h1-10,16H,11-12H2/t16-/m1/s1. The van der Waals surface area contributed by atoms with Crippen molar-refractivity contribution >= 4 is 34.3 Å². The van der Waals surface area contributed by atoms with Gasteiger partial charge in [0.15, 0.2) is 0 Å². The molecule has 4 heterocycles. The monoisotopic (exact) mass is 438 g/mol. The van der Waals surface area contributed by atoms with Crippen LogP contribution in [-0.2, 0) is 11.3 Å². The lowest BCUT2D eigenvalue weighted by Gasteiger charge is -2.20. The lowest BCUT2D eigenvalue weighted by molar-refractivity contribution is -0.134. The summed E-state index contributed by atoms with van der Waals surface area (Å²) < 4.78 is 13.1. The molecule has 0 saturated carbocycles. The molecule has 5 rings (SSSR count). The van der Waals surface area contributed by atoms with Gasteiger partial charge >= 0.3 is 0 Å². The van der Waals surface area contributed by atoms with Crippen molar-refractivity contribution in [3.05, 3.63) is 74.9 Å². The number of tetrazole rings is 1. The molecule has 150 valence electrons. The Kier molecular flexibility index (Phi) is 4.93. The molecular formula is C20H15FN6OS2. The van der Waals surface area contributed by atoms with Crippen molar-refractivity contribution in [3.63, 3.8) is 0 Å². The summed E-state index contributed by atoms with van der Waals surface area (Å²) in [5.74, 6) is -0.223. The smallest absolute Gasteiger partial charge is 0.266 e. The predicted molar refractivity (Wildman–Crippen MR) is 113 cm³/mol. The third-order valence-corrected chi connectivity index (χ3v) is 6.57. The predicted octanol–water partition coefficient (Wildman–Crippen LogP) is 3.98. The van der Waals surface area contributed by atoms with Gasteiger partial charge in [0.05, 0.1) is 16.6 Å². The Morgan fingerprint density at radius 1 is 1.10 bits per heavy atom. The quantitative estimate of drug-likeness (QED) is 0.472. The van der Waals surface area contributed by atoms with Crippen molar-refractivity contribution in [3.8, 4) is 11.4 Å². The Morgan fingerprint density at radius 2 is 1.90 bits per heavy atom. The summed E-state index contributed by atoms with van der Waals surface area (Å²) in [7, 11) is 0. The normalized spacial score (nSPS) is 16.1. The number of carbonyl (C=O) groups excluding carboxylic acids is 1. The lowest BCUT2D eigenvalue weighted by atomic mass is 10.1. The maximum atomic E-state index is 13.1. The van der Waals surface area contributed by atoms with Crippen molar-refractivity contribution in [2.75, 3.05) is 0 Å². The fourth-order valence-electron chi connectivity index (χ4n) is 3.25. The summed E-state index contributed by atoms with van der Waals surface area (Å²) in [5, 5.41) is 22.4. The van der Waals surface area contributed by atoms with Crippen LogP contribution in [0.25, 0.3) is 11.4 Å². The zero-order valence-electron chi connectivity index (χ0n) is 15.6. The molecule has 0 spiro atoms. The molecule has 0 unspecified atom stereocenters. The van der Waals surface area contributed by atoms with E-state index in [1.165, 1.54) is 21.9 Å². The molecule has 1 aliphatic heterocycles. The van der Waals surface area contributed by atoms with E-state index in [4.69, 9.17) is 0 Å². The molecule has 0 radical (unpaired) electrons. The molecule has 1 atom stereocenters. The lowest BCUT2D eigenvalue weighted by Crippen LogP contribution is -2.30. The first-order valence-electron chi connectivity index (χ1n) is 9.18. The van der Waals surface area contributed by atoms with Crippen molar-refractivity contribution in [2.24, 2.45) is 5.10 Å². The molecule has 4 aromatic rings. The molecule has 0 N–H and O–H groups in total. The van der Waals surface area contributed by atoms with E-state index in [2.05, 4.69) is 20.5 Å². The number of halogens is 1. The van der Waals surface area contributed by atoms with Crippen LogP contribution in [0.4, 0.5) is 4.39 Å². The first kappa shape index (κ1) is 18.8. The highest BCUT2D eigenvalue weighted by molar-refractivity contribution is 7.12. The Bertz CT molecular complexity index is 1180. The Morgan fingerprint density at radius 3 is 2.63 bits per heavy atom. The maximum Gasteiger partial charge on any atom is 0.266 e. The van der Waals surface area contributed by atoms with E-state index < -0.39 is 0 Å². The number of nitrogens with zero attached hydrogens (tertiary/aromatic N) is 6. The number of carbonyl (C=O) groups is 1. The largest absolute Gasteiger partial charge is 0.271 e. The SMILES string of the molecule is O=C(Cn1nnc(-c2ccc(F)cc2)n1)N1N=C(c2cccs2)C[C@@H]1c1cccs1. The van der Waals surface area contributed by atoms with Crippen LogP contribution < -0.4 is 0 Å². The van der Waals surface area contributed by atoms with Crippen molar-refractivity contribution in [2.45, 2.75) is 19.0 Å². The zero-order chi connectivity index (χ0) is 20.5. The minimum absolute atomic E-state index is 0.0860. The Hall–Kier alpha value is -3.24. The molecule has 0 saturated heterocycles. The number of hydrazone groups is 1. The van der Waals surface area contributed by atoms with Crippen LogP contribution >= 0.6 is 22.7 Å². The molecule has 0 fully saturated rings. The minimum atomic E-state index is -0.339. The number of hydrogen-bond acceptors (Lipinski definition) is 7. The van der Waals surface area contributed by atoms with Gasteiger partial charge < -0.3 is 0 Å². The molecule has 3 aromatic heterocycles. The second kappa shape index (κ2) is 7.88. The van der Waals surface area contributed by atoms with Gasteiger partial charge in [-0.15, -0.1) is 32.9 Å². The first-order valence-corrected chi connectivity index (χ1v) is 10.9. The van der Waals surface area contributed by atoms with E-state index in [1.807, 2.05) is 35.0 Å². The van der Waals surface area contributed by atoms with Gasteiger partial charge in [0, 0.05) is 16.9 Å². The van der Waals surface area contributed by atoms with Crippen molar-refractivity contribution in [1.29, 1.82) is 0 Å². The van der Waals surface area contributed by atoms with Crippen LogP contribution in [0.1, 0.15) is 22.2 Å². The summed E-state index contributed by atoms with van der Waals surface area (Å²) in [5.41, 5.74) is 1.53. The number of aromatic nitrogens is 4. The second-order valence-electron chi connectivity index (χ2n) is 6.65. The van der Waals surface area contributed by atoms with E-state index in [-0.39, 0.29) is 24.3 Å². The van der Waals surface area contributed by atoms with Gasteiger partial charge in [-0.2, -0.15) is 9.90 Å². The Balaban J connectivity index is 1.38. The molecule has 0 bridgehead atoms. The van der Waals surface area contributed by atoms with Gasteiger partial charge in [-0.05, 0) is 52.4 Å². The highest BCUT2D eigenvalue weighted by Crippen LogP contribution is 2.36. The molecule has 1 amide bonds. The van der Waals surface area contributed by atoms with Crippen molar-refractivity contribution in [1.82, 2.24) is 25.2 Å².